The van der Waals surface area contributed by atoms with E-state index in [0.717, 1.165) is 22.2 Å². The van der Waals surface area contributed by atoms with Crippen molar-refractivity contribution in [3.8, 4) is 17.3 Å². The van der Waals surface area contributed by atoms with E-state index in [4.69, 9.17) is 14.5 Å². The van der Waals surface area contributed by atoms with Crippen molar-refractivity contribution < 1.29 is 14.3 Å². The van der Waals surface area contributed by atoms with Crippen LogP contribution in [0.3, 0.4) is 0 Å². The molecule has 0 saturated heterocycles. The lowest BCUT2D eigenvalue weighted by atomic mass is 10.1. The number of aryl methyl sites for hydroxylation is 2. The van der Waals surface area contributed by atoms with Gasteiger partial charge in [0.25, 0.3) is 5.91 Å². The van der Waals surface area contributed by atoms with Crippen molar-refractivity contribution in [2.45, 2.75) is 20.0 Å². The van der Waals surface area contributed by atoms with Crippen molar-refractivity contribution in [3.05, 3.63) is 71.9 Å². The maximum absolute atomic E-state index is 12.9. The number of anilines is 1. The fraction of sp³-hybridized carbons (Fsp3) is 0.174. The van der Waals surface area contributed by atoms with Gasteiger partial charge in [-0.05, 0) is 43.7 Å². The molecule has 1 unspecified atom stereocenters. The molecule has 0 saturated carbocycles. The minimum Gasteiger partial charge on any atom is -0.485 e. The Hall–Kier alpha value is -3.87. The van der Waals surface area contributed by atoms with E-state index in [0.29, 0.717) is 23.1 Å². The zero-order chi connectivity index (χ0) is 20.7. The standard InChI is InChI=1S/C23H20N4O3/c1-14-11-21(24-17-8-4-3-7-16(14)17)27-22(12-15(2)26-27)25-23(28)20-13-29-18-9-5-6-10-19(18)30-20/h3-12,20H,13H2,1-2H3,(H,25,28). The molecule has 4 aromatic rings. The number of benzene rings is 2. The number of nitrogens with zero attached hydrogens (tertiary/aromatic N) is 3. The van der Waals surface area contributed by atoms with Gasteiger partial charge in [0.15, 0.2) is 17.3 Å². The van der Waals surface area contributed by atoms with Gasteiger partial charge in [0.05, 0.1) is 11.2 Å². The highest BCUT2D eigenvalue weighted by Gasteiger charge is 2.28. The highest BCUT2D eigenvalue weighted by Crippen LogP contribution is 2.31. The Kier molecular flexibility index (Phi) is 4.35. The summed E-state index contributed by atoms with van der Waals surface area (Å²) in [5.41, 5.74) is 2.73. The average molecular weight is 400 g/mol. The fourth-order valence-corrected chi connectivity index (χ4v) is 3.56. The molecule has 3 heterocycles. The van der Waals surface area contributed by atoms with Gasteiger partial charge in [-0.2, -0.15) is 9.78 Å². The van der Waals surface area contributed by atoms with Crippen molar-refractivity contribution in [2.24, 2.45) is 0 Å². The quantitative estimate of drug-likeness (QED) is 0.566. The summed E-state index contributed by atoms with van der Waals surface area (Å²) in [5.74, 6) is 2.06. The molecule has 2 aromatic heterocycles. The van der Waals surface area contributed by atoms with Crippen molar-refractivity contribution in [1.82, 2.24) is 14.8 Å². The van der Waals surface area contributed by atoms with Crippen molar-refractivity contribution in [3.63, 3.8) is 0 Å². The maximum atomic E-state index is 12.9. The first-order valence-electron chi connectivity index (χ1n) is 9.71. The van der Waals surface area contributed by atoms with Gasteiger partial charge in [0.2, 0.25) is 6.10 Å². The van der Waals surface area contributed by atoms with Gasteiger partial charge in [-0.3, -0.25) is 4.79 Å². The molecule has 7 heteroatoms. The third-order valence-electron chi connectivity index (χ3n) is 5.01. The summed E-state index contributed by atoms with van der Waals surface area (Å²) in [4.78, 5) is 17.6. The molecule has 5 rings (SSSR count). The van der Waals surface area contributed by atoms with Crippen LogP contribution < -0.4 is 14.8 Å². The van der Waals surface area contributed by atoms with Gasteiger partial charge in [0.1, 0.15) is 12.4 Å². The van der Waals surface area contributed by atoms with Gasteiger partial charge in [-0.15, -0.1) is 0 Å². The molecule has 0 aliphatic carbocycles. The monoisotopic (exact) mass is 400 g/mol. The second-order valence-corrected chi connectivity index (χ2v) is 7.25. The van der Waals surface area contributed by atoms with Crippen LogP contribution in [-0.2, 0) is 4.79 Å². The summed E-state index contributed by atoms with van der Waals surface area (Å²) in [7, 11) is 0. The average Bonchev–Trinajstić information content (AvgIpc) is 3.13. The lowest BCUT2D eigenvalue weighted by Gasteiger charge is -2.25. The highest BCUT2D eigenvalue weighted by atomic mass is 16.6. The molecule has 1 N–H and O–H groups in total. The van der Waals surface area contributed by atoms with Crippen molar-refractivity contribution >= 4 is 22.6 Å². The molecule has 1 aliphatic rings. The Morgan fingerprint density at radius 2 is 1.83 bits per heavy atom. The normalized spacial score (nSPS) is 15.2. The van der Waals surface area contributed by atoms with Crippen LogP contribution in [0.4, 0.5) is 5.82 Å². The second-order valence-electron chi connectivity index (χ2n) is 7.25. The van der Waals surface area contributed by atoms with E-state index < -0.39 is 6.10 Å². The van der Waals surface area contributed by atoms with Crippen LogP contribution in [0.1, 0.15) is 11.3 Å². The van der Waals surface area contributed by atoms with E-state index in [9.17, 15) is 4.79 Å². The van der Waals surface area contributed by atoms with Crippen LogP contribution in [0, 0.1) is 13.8 Å². The maximum Gasteiger partial charge on any atom is 0.270 e. The Labute approximate surface area is 173 Å². The van der Waals surface area contributed by atoms with Crippen LogP contribution in [0.2, 0.25) is 0 Å². The van der Waals surface area contributed by atoms with Crippen LogP contribution in [-0.4, -0.2) is 33.4 Å². The van der Waals surface area contributed by atoms with Crippen LogP contribution >= 0.6 is 0 Å². The predicted octanol–water partition coefficient (Wildman–Crippen LogP) is 3.82. The highest BCUT2D eigenvalue weighted by molar-refractivity contribution is 5.94. The zero-order valence-electron chi connectivity index (χ0n) is 16.6. The number of carbonyl (C=O) groups excluding carboxylic acids is 1. The topological polar surface area (TPSA) is 78.3 Å². The van der Waals surface area contributed by atoms with Crippen LogP contribution in [0.25, 0.3) is 16.7 Å². The molecular weight excluding hydrogens is 380 g/mol. The Balaban J connectivity index is 1.44. The second kappa shape index (κ2) is 7.18. The molecule has 7 nitrogen and oxygen atoms in total. The number of pyridine rings is 1. The zero-order valence-corrected chi connectivity index (χ0v) is 16.6. The molecule has 2 aromatic carbocycles. The predicted molar refractivity (Wildman–Crippen MR) is 113 cm³/mol. The van der Waals surface area contributed by atoms with Gasteiger partial charge in [-0.25, -0.2) is 4.98 Å². The molecule has 1 amide bonds. The lowest BCUT2D eigenvalue weighted by molar-refractivity contribution is -0.125. The molecule has 150 valence electrons. The summed E-state index contributed by atoms with van der Waals surface area (Å²) in [6.45, 7) is 4.05. The van der Waals surface area contributed by atoms with E-state index >= 15 is 0 Å². The molecule has 1 atom stereocenters. The largest absolute Gasteiger partial charge is 0.485 e. The molecular formula is C23H20N4O3. The molecule has 1 aliphatic heterocycles. The minimum atomic E-state index is -0.755. The number of nitrogens with one attached hydrogen (secondary N) is 1. The molecule has 30 heavy (non-hydrogen) atoms. The third kappa shape index (κ3) is 3.24. The number of aromatic nitrogens is 3. The number of para-hydroxylation sites is 3. The third-order valence-corrected chi connectivity index (χ3v) is 5.01. The molecule has 0 radical (unpaired) electrons. The molecule has 0 spiro atoms. The van der Waals surface area contributed by atoms with E-state index in [1.54, 1.807) is 10.7 Å². The van der Waals surface area contributed by atoms with E-state index in [1.165, 1.54) is 0 Å². The number of hydrogen-bond donors (Lipinski definition) is 1. The van der Waals surface area contributed by atoms with E-state index in [1.807, 2.05) is 68.4 Å². The number of ether oxygens (including phenoxy) is 2. The van der Waals surface area contributed by atoms with E-state index in [-0.39, 0.29) is 12.5 Å². The summed E-state index contributed by atoms with van der Waals surface area (Å²) >= 11 is 0. The first kappa shape index (κ1) is 18.2. The summed E-state index contributed by atoms with van der Waals surface area (Å²) in [6, 6.07) is 19.0. The first-order chi connectivity index (χ1) is 14.6. The fourth-order valence-electron chi connectivity index (χ4n) is 3.56. The SMILES string of the molecule is Cc1cc(NC(=O)C2COc3ccccc3O2)n(-c2cc(C)c3ccccc3n2)n1. The number of carbonyl (C=O) groups is 1. The minimum absolute atomic E-state index is 0.142. The van der Waals surface area contributed by atoms with Gasteiger partial charge in [0, 0.05) is 11.5 Å². The summed E-state index contributed by atoms with van der Waals surface area (Å²) in [5, 5.41) is 8.53. The number of rotatable bonds is 3. The van der Waals surface area contributed by atoms with E-state index in [2.05, 4.69) is 10.4 Å². The Morgan fingerprint density at radius 3 is 2.70 bits per heavy atom. The summed E-state index contributed by atoms with van der Waals surface area (Å²) in [6.07, 6.45) is -0.755. The summed E-state index contributed by atoms with van der Waals surface area (Å²) < 4.78 is 13.1. The molecule has 0 fully saturated rings. The number of amides is 1. The van der Waals surface area contributed by atoms with Crippen LogP contribution in [0.5, 0.6) is 11.5 Å². The number of hydrogen-bond acceptors (Lipinski definition) is 5. The van der Waals surface area contributed by atoms with Gasteiger partial charge >= 0.3 is 0 Å². The van der Waals surface area contributed by atoms with Crippen LogP contribution in [0.15, 0.2) is 60.7 Å². The van der Waals surface area contributed by atoms with Gasteiger partial charge < -0.3 is 14.8 Å². The van der Waals surface area contributed by atoms with Gasteiger partial charge in [-0.1, -0.05) is 30.3 Å². The molecule has 0 bridgehead atoms. The lowest BCUT2D eigenvalue weighted by Crippen LogP contribution is -2.40. The van der Waals surface area contributed by atoms with Crippen molar-refractivity contribution in [2.75, 3.05) is 11.9 Å². The first-order valence-corrected chi connectivity index (χ1v) is 9.71. The Bertz CT molecular complexity index is 1260. The Morgan fingerprint density at radius 1 is 1.07 bits per heavy atom. The number of fused-ring (bicyclic) bond motifs is 2. The smallest absolute Gasteiger partial charge is 0.270 e. The van der Waals surface area contributed by atoms with Crippen molar-refractivity contribution in [1.29, 1.82) is 0 Å².